The standard InChI is InChI=1S/CH5INPS/c1-4(2,3)5/h1H3,(H2,3,5). The van der Waals surface area contributed by atoms with Gasteiger partial charge in [0.25, 0.3) is 0 Å². The first kappa shape index (κ1) is 6.34. The Hall–Kier alpha value is 1.34. The Morgan fingerprint density at radius 3 is 2.00 bits per heavy atom. The van der Waals surface area contributed by atoms with Gasteiger partial charge in [-0.1, -0.05) is 11.8 Å². The van der Waals surface area contributed by atoms with Gasteiger partial charge in [0.05, 0.1) is 3.83 Å². The Morgan fingerprint density at radius 1 is 2.00 bits per heavy atom. The first-order valence-electron chi connectivity index (χ1n) is 1.06. The highest BCUT2D eigenvalue weighted by molar-refractivity contribution is 14.2. The fourth-order valence-electron chi connectivity index (χ4n) is 0. The molecule has 0 heterocycles. The zero-order chi connectivity index (χ0) is 4.50. The summed E-state index contributed by atoms with van der Waals surface area (Å²) in [5.74, 6) is 0. The van der Waals surface area contributed by atoms with E-state index in [0.29, 0.717) is 0 Å². The fourth-order valence-corrected chi connectivity index (χ4v) is 0. The molecule has 0 aliphatic rings. The molecule has 1 nitrogen and oxygen atoms in total. The highest BCUT2D eigenvalue weighted by Gasteiger charge is 1.86. The third-order valence-electron chi connectivity index (χ3n) is 0. The molecule has 0 bridgehead atoms. The van der Waals surface area contributed by atoms with E-state index in [2.05, 4.69) is 22.0 Å². The van der Waals surface area contributed by atoms with Crippen LogP contribution in [0.25, 0.3) is 0 Å². The van der Waals surface area contributed by atoms with Gasteiger partial charge < -0.3 is 0 Å². The number of hydrogen-bond donors (Lipinski definition) is 1. The van der Waals surface area contributed by atoms with Crippen molar-refractivity contribution in [2.24, 2.45) is 5.50 Å². The maximum Gasteiger partial charge on any atom is 0.0641 e. The van der Waals surface area contributed by atoms with Crippen LogP contribution in [0.2, 0.25) is 0 Å². The van der Waals surface area contributed by atoms with E-state index in [4.69, 9.17) is 17.3 Å². The van der Waals surface area contributed by atoms with Crippen LogP contribution in [0.3, 0.4) is 0 Å². The smallest absolute Gasteiger partial charge is 0.0641 e. The predicted molar refractivity (Wildman–Crippen MR) is 38.4 cm³/mol. The lowest BCUT2D eigenvalue weighted by Crippen LogP contribution is -1.77. The van der Waals surface area contributed by atoms with E-state index >= 15 is 0 Å². The zero-order valence-electron chi connectivity index (χ0n) is 2.81. The van der Waals surface area contributed by atoms with E-state index in [9.17, 15) is 0 Å². The van der Waals surface area contributed by atoms with Crippen molar-refractivity contribution in [1.82, 2.24) is 0 Å². The summed E-state index contributed by atoms with van der Waals surface area (Å²) in [6, 6.07) is 0. The summed E-state index contributed by atoms with van der Waals surface area (Å²) in [6.45, 7) is 1.88. The highest BCUT2D eigenvalue weighted by atomic mass is 127. The summed E-state index contributed by atoms with van der Waals surface area (Å²) >= 11 is 6.78. The molecule has 0 aliphatic heterocycles. The van der Waals surface area contributed by atoms with Crippen molar-refractivity contribution < 1.29 is 0 Å². The Balaban J connectivity index is 3.47. The second-order valence-electron chi connectivity index (χ2n) is 0.882. The molecule has 0 radical (unpaired) electrons. The molecule has 1 unspecified atom stereocenters. The van der Waals surface area contributed by atoms with Crippen molar-refractivity contribution in [1.29, 1.82) is 0 Å². The SMILES string of the molecule is CP(N)(=S)I. The maximum atomic E-state index is 5.27. The minimum absolute atomic E-state index is 1.34. The summed E-state index contributed by atoms with van der Waals surface area (Å²) in [5.41, 5.74) is 5.27. The molecule has 0 saturated carbocycles. The molecular formula is CH5INPS. The minimum Gasteiger partial charge on any atom is -0.295 e. The van der Waals surface area contributed by atoms with Gasteiger partial charge in [0.15, 0.2) is 0 Å². The Bertz CT molecular complexity index is 57.8. The average molecular weight is 221 g/mol. The number of halogens is 1. The largest absolute Gasteiger partial charge is 0.295 e. The molecule has 0 rings (SSSR count). The van der Waals surface area contributed by atoms with Gasteiger partial charge in [-0.05, 0) is 28.7 Å². The van der Waals surface area contributed by atoms with Crippen molar-refractivity contribution in [3.05, 3.63) is 0 Å². The van der Waals surface area contributed by atoms with Crippen molar-refractivity contribution in [2.45, 2.75) is 0 Å². The third-order valence-corrected chi connectivity index (χ3v) is 0. The van der Waals surface area contributed by atoms with E-state index in [-0.39, 0.29) is 0 Å². The second kappa shape index (κ2) is 1.87. The molecule has 0 saturated heterocycles. The summed E-state index contributed by atoms with van der Waals surface area (Å²) < 4.78 is -1.34. The monoisotopic (exact) mass is 221 g/mol. The van der Waals surface area contributed by atoms with Crippen molar-refractivity contribution in [2.75, 3.05) is 6.66 Å². The summed E-state index contributed by atoms with van der Waals surface area (Å²) in [6.07, 6.45) is 0. The lowest BCUT2D eigenvalue weighted by molar-refractivity contribution is 1.98. The summed E-state index contributed by atoms with van der Waals surface area (Å²) in [4.78, 5) is 0. The molecule has 4 heteroatoms. The maximum absolute atomic E-state index is 5.27. The molecule has 0 aromatic rings. The average Bonchev–Trinajstić information content (AvgIpc) is 0.722. The Labute approximate surface area is 49.9 Å². The third kappa shape index (κ3) is 33.2. The van der Waals surface area contributed by atoms with Crippen LogP contribution in [-0.2, 0) is 11.8 Å². The lowest BCUT2D eigenvalue weighted by Gasteiger charge is -1.90. The molecular weight excluding hydrogens is 216 g/mol. The van der Waals surface area contributed by atoms with E-state index in [0.717, 1.165) is 0 Å². The number of nitrogens with two attached hydrogens (primary N) is 1. The molecule has 0 aliphatic carbocycles. The normalized spacial score (nSPS) is 21.4. The van der Waals surface area contributed by atoms with E-state index < -0.39 is 3.83 Å². The van der Waals surface area contributed by atoms with Crippen molar-refractivity contribution in [3.8, 4) is 0 Å². The molecule has 5 heavy (non-hydrogen) atoms. The fraction of sp³-hybridized carbons (Fsp3) is 1.00. The first-order chi connectivity index (χ1) is 2.00. The highest BCUT2D eigenvalue weighted by Crippen LogP contribution is 2.40. The van der Waals surface area contributed by atoms with E-state index in [1.165, 1.54) is 0 Å². The van der Waals surface area contributed by atoms with Crippen LogP contribution in [0.15, 0.2) is 0 Å². The van der Waals surface area contributed by atoms with Crippen LogP contribution < -0.4 is 5.50 Å². The van der Waals surface area contributed by atoms with Crippen LogP contribution >= 0.6 is 25.9 Å². The summed E-state index contributed by atoms with van der Waals surface area (Å²) in [5, 5.41) is 0. The van der Waals surface area contributed by atoms with Crippen molar-refractivity contribution >= 4 is 37.7 Å². The van der Waals surface area contributed by atoms with Crippen LogP contribution in [0, 0.1) is 0 Å². The summed E-state index contributed by atoms with van der Waals surface area (Å²) in [7, 11) is 0. The van der Waals surface area contributed by atoms with Gasteiger partial charge in [0.1, 0.15) is 0 Å². The van der Waals surface area contributed by atoms with Gasteiger partial charge in [-0.25, -0.2) is 0 Å². The van der Waals surface area contributed by atoms with Crippen LogP contribution in [0.5, 0.6) is 0 Å². The number of rotatable bonds is 0. The first-order valence-corrected chi connectivity index (χ1v) is 7.16. The van der Waals surface area contributed by atoms with Gasteiger partial charge >= 0.3 is 0 Å². The molecule has 0 aromatic heterocycles. The molecule has 0 amide bonds. The number of hydrogen-bond acceptors (Lipinski definition) is 1. The lowest BCUT2D eigenvalue weighted by atomic mass is 12.0. The minimum atomic E-state index is -1.34. The van der Waals surface area contributed by atoms with Crippen LogP contribution in [0.1, 0.15) is 0 Å². The van der Waals surface area contributed by atoms with E-state index in [1.54, 1.807) is 0 Å². The van der Waals surface area contributed by atoms with Crippen molar-refractivity contribution in [3.63, 3.8) is 0 Å². The second-order valence-corrected chi connectivity index (χ2v) is 12.9. The van der Waals surface area contributed by atoms with Gasteiger partial charge in [0.2, 0.25) is 0 Å². The Morgan fingerprint density at radius 2 is 2.00 bits per heavy atom. The quantitative estimate of drug-likeness (QED) is 0.493. The van der Waals surface area contributed by atoms with E-state index in [1.807, 2.05) is 6.66 Å². The topological polar surface area (TPSA) is 26.0 Å². The van der Waals surface area contributed by atoms with Gasteiger partial charge in [-0.3, -0.25) is 5.50 Å². The molecule has 0 spiro atoms. The molecule has 0 aromatic carbocycles. The molecule has 1 atom stereocenters. The zero-order valence-corrected chi connectivity index (χ0v) is 6.68. The molecule has 2 N–H and O–H groups in total. The molecule has 0 fully saturated rings. The molecule has 32 valence electrons. The predicted octanol–water partition coefficient (Wildman–Crippen LogP) is 1.32. The van der Waals surface area contributed by atoms with Gasteiger partial charge in [0, 0.05) is 0 Å². The van der Waals surface area contributed by atoms with Gasteiger partial charge in [-0.2, -0.15) is 0 Å². The van der Waals surface area contributed by atoms with Crippen LogP contribution in [-0.4, -0.2) is 6.66 Å². The Kier molecular flexibility index (Phi) is 2.37. The van der Waals surface area contributed by atoms with Crippen LogP contribution in [0.4, 0.5) is 0 Å². The van der Waals surface area contributed by atoms with Gasteiger partial charge in [-0.15, -0.1) is 0 Å².